The molecule has 2 aromatic rings. The second-order valence-electron chi connectivity index (χ2n) is 4.04. The first-order chi connectivity index (χ1) is 8.14. The minimum Gasteiger partial charge on any atom is -0.298 e. The third kappa shape index (κ3) is 1.25. The zero-order valence-electron chi connectivity index (χ0n) is 8.78. The summed E-state index contributed by atoms with van der Waals surface area (Å²) in [5.41, 5.74) is 1.37. The Kier molecular flexibility index (Phi) is 1.93. The van der Waals surface area contributed by atoms with Crippen LogP contribution in [0, 0.1) is 0 Å². The predicted molar refractivity (Wildman–Crippen MR) is 60.3 cm³/mol. The van der Waals surface area contributed by atoms with Crippen LogP contribution in [0.25, 0.3) is 11.1 Å². The van der Waals surface area contributed by atoms with Crippen LogP contribution in [0.5, 0.6) is 0 Å². The van der Waals surface area contributed by atoms with Gasteiger partial charge < -0.3 is 0 Å². The van der Waals surface area contributed by atoms with Crippen molar-refractivity contribution in [3.8, 4) is 11.1 Å². The van der Waals surface area contributed by atoms with E-state index in [1.807, 2.05) is 0 Å². The normalized spacial score (nSPS) is 15.2. The Hall–Kier alpha value is -2.03. The molecule has 0 saturated heterocycles. The Bertz CT molecular complexity index is 617. The molecule has 0 unspecified atom stereocenters. The van der Waals surface area contributed by atoms with Gasteiger partial charge in [-0.3, -0.25) is 4.79 Å². The summed E-state index contributed by atoms with van der Waals surface area (Å²) >= 11 is 0. The fourth-order valence-electron chi connectivity index (χ4n) is 2.27. The summed E-state index contributed by atoms with van der Waals surface area (Å²) in [5.74, 6) is -2.96. The molecule has 0 heterocycles. The largest absolute Gasteiger partial charge is 0.299 e. The van der Waals surface area contributed by atoms with E-state index in [-0.39, 0.29) is 11.1 Å². The number of carbonyl (C=O) groups is 1. The summed E-state index contributed by atoms with van der Waals surface area (Å²) in [4.78, 5) is 10.7. The number of hydrogen-bond acceptors (Lipinski definition) is 1. The molecule has 1 aliphatic carbocycles. The maximum absolute atomic E-state index is 14.1. The maximum Gasteiger partial charge on any atom is 0.299 e. The summed E-state index contributed by atoms with van der Waals surface area (Å²) < 4.78 is 28.2. The number of alkyl halides is 2. The molecule has 0 aromatic heterocycles. The molecule has 1 nitrogen and oxygen atoms in total. The molecule has 2 aromatic carbocycles. The zero-order chi connectivity index (χ0) is 12.0. The van der Waals surface area contributed by atoms with E-state index >= 15 is 0 Å². The maximum atomic E-state index is 14.1. The van der Waals surface area contributed by atoms with Crippen molar-refractivity contribution in [3.05, 3.63) is 59.2 Å². The highest BCUT2D eigenvalue weighted by atomic mass is 19.3. The van der Waals surface area contributed by atoms with Crippen molar-refractivity contribution in [2.75, 3.05) is 0 Å². The van der Waals surface area contributed by atoms with Crippen LogP contribution in [0.1, 0.15) is 21.5 Å². The molecule has 3 rings (SSSR count). The van der Waals surface area contributed by atoms with Crippen LogP contribution in [0.15, 0.2) is 42.5 Å². The van der Waals surface area contributed by atoms with Crippen LogP contribution in [0.3, 0.4) is 0 Å². The molecule has 0 bridgehead atoms. The monoisotopic (exact) mass is 230 g/mol. The SMILES string of the molecule is O=Cc1ccc2c(c1)-c1ccccc1C2(F)F. The van der Waals surface area contributed by atoms with E-state index in [1.54, 1.807) is 18.2 Å². The molecule has 3 heteroatoms. The number of halogens is 2. The Labute approximate surface area is 96.7 Å². The summed E-state index contributed by atoms with van der Waals surface area (Å²) in [6.45, 7) is 0. The highest BCUT2D eigenvalue weighted by Gasteiger charge is 2.43. The molecule has 84 valence electrons. The lowest BCUT2D eigenvalue weighted by Gasteiger charge is -2.11. The fraction of sp³-hybridized carbons (Fsp3) is 0.0714. The van der Waals surface area contributed by atoms with Gasteiger partial charge in [0.05, 0.1) is 0 Å². The zero-order valence-corrected chi connectivity index (χ0v) is 8.78. The van der Waals surface area contributed by atoms with Crippen LogP contribution in [0.4, 0.5) is 8.78 Å². The molecular formula is C14H8F2O. The first kappa shape index (κ1) is 10.1. The summed E-state index contributed by atoms with van der Waals surface area (Å²) in [6.07, 6.45) is 0.666. The van der Waals surface area contributed by atoms with Gasteiger partial charge in [0.15, 0.2) is 0 Å². The summed E-state index contributed by atoms with van der Waals surface area (Å²) in [6, 6.07) is 10.7. The minimum atomic E-state index is -2.96. The Morgan fingerprint density at radius 2 is 1.65 bits per heavy atom. The number of rotatable bonds is 1. The predicted octanol–water partition coefficient (Wildman–Crippen LogP) is 3.62. The van der Waals surface area contributed by atoms with Gasteiger partial charge in [0.2, 0.25) is 0 Å². The van der Waals surface area contributed by atoms with Crippen LogP contribution < -0.4 is 0 Å². The third-order valence-corrected chi connectivity index (χ3v) is 3.07. The van der Waals surface area contributed by atoms with Gasteiger partial charge in [-0.2, -0.15) is 8.78 Å². The number of aldehydes is 1. The van der Waals surface area contributed by atoms with E-state index < -0.39 is 5.92 Å². The molecule has 0 atom stereocenters. The van der Waals surface area contributed by atoms with Crippen molar-refractivity contribution >= 4 is 6.29 Å². The standard InChI is InChI=1S/C14H8F2O/c15-14(16)12-4-2-1-3-10(12)11-7-9(8-17)5-6-13(11)14/h1-8H. The molecule has 0 radical (unpaired) electrons. The van der Waals surface area contributed by atoms with Gasteiger partial charge in [-0.15, -0.1) is 0 Å². The van der Waals surface area contributed by atoms with E-state index in [9.17, 15) is 13.6 Å². The second-order valence-corrected chi connectivity index (χ2v) is 4.04. The Morgan fingerprint density at radius 3 is 2.41 bits per heavy atom. The third-order valence-electron chi connectivity index (χ3n) is 3.07. The van der Waals surface area contributed by atoms with Gasteiger partial charge >= 0.3 is 0 Å². The first-order valence-corrected chi connectivity index (χ1v) is 5.22. The highest BCUT2D eigenvalue weighted by molar-refractivity contribution is 5.85. The fourth-order valence-corrected chi connectivity index (χ4v) is 2.27. The van der Waals surface area contributed by atoms with Crippen molar-refractivity contribution in [1.29, 1.82) is 0 Å². The van der Waals surface area contributed by atoms with Gasteiger partial charge in [0, 0.05) is 16.7 Å². The highest BCUT2D eigenvalue weighted by Crippen LogP contribution is 2.50. The molecule has 0 saturated carbocycles. The summed E-state index contributed by atoms with van der Waals surface area (Å²) in [5, 5.41) is 0. The van der Waals surface area contributed by atoms with Crippen molar-refractivity contribution < 1.29 is 13.6 Å². The van der Waals surface area contributed by atoms with E-state index in [4.69, 9.17) is 0 Å². The van der Waals surface area contributed by atoms with E-state index in [1.165, 1.54) is 24.3 Å². The van der Waals surface area contributed by atoms with Gasteiger partial charge in [-0.05, 0) is 17.2 Å². The molecule has 0 fully saturated rings. The van der Waals surface area contributed by atoms with Gasteiger partial charge in [-0.1, -0.05) is 36.4 Å². The lowest BCUT2D eigenvalue weighted by atomic mass is 10.0. The van der Waals surface area contributed by atoms with Crippen LogP contribution in [-0.4, -0.2) is 6.29 Å². The van der Waals surface area contributed by atoms with Crippen molar-refractivity contribution in [3.63, 3.8) is 0 Å². The Morgan fingerprint density at radius 1 is 0.941 bits per heavy atom. The van der Waals surface area contributed by atoms with Gasteiger partial charge in [0.1, 0.15) is 6.29 Å². The molecule has 17 heavy (non-hydrogen) atoms. The van der Waals surface area contributed by atoms with E-state index in [2.05, 4.69) is 0 Å². The van der Waals surface area contributed by atoms with Crippen molar-refractivity contribution in [2.24, 2.45) is 0 Å². The number of fused-ring (bicyclic) bond motifs is 3. The summed E-state index contributed by atoms with van der Waals surface area (Å²) in [7, 11) is 0. The van der Waals surface area contributed by atoms with Crippen molar-refractivity contribution in [1.82, 2.24) is 0 Å². The van der Waals surface area contributed by atoms with E-state index in [0.29, 0.717) is 23.0 Å². The smallest absolute Gasteiger partial charge is 0.298 e. The number of benzene rings is 2. The van der Waals surface area contributed by atoms with Crippen LogP contribution in [-0.2, 0) is 5.92 Å². The molecule has 0 N–H and O–H groups in total. The first-order valence-electron chi connectivity index (χ1n) is 5.22. The van der Waals surface area contributed by atoms with Crippen molar-refractivity contribution in [2.45, 2.75) is 5.92 Å². The molecule has 1 aliphatic rings. The average molecular weight is 230 g/mol. The van der Waals surface area contributed by atoms with E-state index in [0.717, 1.165) is 0 Å². The van der Waals surface area contributed by atoms with Crippen LogP contribution >= 0.6 is 0 Å². The van der Waals surface area contributed by atoms with Gasteiger partial charge in [-0.25, -0.2) is 0 Å². The molecule has 0 spiro atoms. The average Bonchev–Trinajstić information content (AvgIpc) is 2.59. The quantitative estimate of drug-likeness (QED) is 0.684. The number of carbonyl (C=O) groups excluding carboxylic acids is 1. The topological polar surface area (TPSA) is 17.1 Å². The number of hydrogen-bond donors (Lipinski definition) is 0. The minimum absolute atomic E-state index is 0.0121. The van der Waals surface area contributed by atoms with Gasteiger partial charge in [0.25, 0.3) is 5.92 Å². The Balaban J connectivity index is 2.37. The molecule has 0 aliphatic heterocycles. The molecule has 0 amide bonds. The molecular weight excluding hydrogens is 222 g/mol. The second kappa shape index (κ2) is 3.23. The van der Waals surface area contributed by atoms with Crippen LogP contribution in [0.2, 0.25) is 0 Å². The lowest BCUT2D eigenvalue weighted by molar-refractivity contribution is 0.0480. The lowest BCUT2D eigenvalue weighted by Crippen LogP contribution is -2.10.